The predicted octanol–water partition coefficient (Wildman–Crippen LogP) is 3.81. The van der Waals surface area contributed by atoms with E-state index in [1.54, 1.807) is 7.11 Å². The molecular weight excluding hydrogens is 306 g/mol. The van der Waals surface area contributed by atoms with E-state index in [2.05, 4.69) is 46.4 Å². The van der Waals surface area contributed by atoms with Gasteiger partial charge in [-0.05, 0) is 49.4 Å². The second-order valence-corrected chi connectivity index (χ2v) is 5.44. The molecule has 0 fully saturated rings. The highest BCUT2D eigenvalue weighted by Gasteiger charge is 2.16. The van der Waals surface area contributed by atoms with Gasteiger partial charge < -0.3 is 14.5 Å². The number of aryl methyl sites for hydroxylation is 1. The first-order chi connectivity index (χ1) is 9.13. The van der Waals surface area contributed by atoms with Crippen LogP contribution >= 0.6 is 15.9 Å². The average molecular weight is 324 g/mol. The summed E-state index contributed by atoms with van der Waals surface area (Å²) in [5.41, 5.74) is 2.39. The third-order valence-corrected chi connectivity index (χ3v) is 3.40. The molecule has 1 N–H and O–H groups in total. The van der Waals surface area contributed by atoms with Gasteiger partial charge in [0, 0.05) is 11.6 Å². The van der Waals surface area contributed by atoms with E-state index in [4.69, 9.17) is 9.15 Å². The van der Waals surface area contributed by atoms with Crippen molar-refractivity contribution >= 4 is 15.9 Å². The summed E-state index contributed by atoms with van der Waals surface area (Å²) in [4.78, 5) is 0. The third kappa shape index (κ3) is 3.47. The molecule has 0 radical (unpaired) electrons. The lowest BCUT2D eigenvalue weighted by molar-refractivity contribution is 0.162. The van der Waals surface area contributed by atoms with E-state index in [0.29, 0.717) is 6.61 Å². The minimum Gasteiger partial charge on any atom is -0.462 e. The van der Waals surface area contributed by atoms with Crippen LogP contribution in [-0.2, 0) is 11.3 Å². The van der Waals surface area contributed by atoms with Crippen molar-refractivity contribution in [1.82, 2.24) is 5.32 Å². The molecule has 1 aromatic heterocycles. The molecule has 0 aliphatic rings. The maximum absolute atomic E-state index is 5.81. The molecule has 1 atom stereocenters. The molecule has 3 nitrogen and oxygen atoms in total. The molecule has 19 heavy (non-hydrogen) atoms. The Labute approximate surface area is 122 Å². The SMILES string of the molecule is CNC(c1cc(C)cc(Br)c1)c1ccc(COC)o1. The van der Waals surface area contributed by atoms with Crippen LogP contribution in [0.1, 0.15) is 28.7 Å². The van der Waals surface area contributed by atoms with E-state index in [-0.39, 0.29) is 6.04 Å². The molecule has 2 rings (SSSR count). The van der Waals surface area contributed by atoms with Crippen LogP contribution in [0.3, 0.4) is 0 Å². The summed E-state index contributed by atoms with van der Waals surface area (Å²) in [5, 5.41) is 3.29. The maximum Gasteiger partial charge on any atom is 0.129 e. The number of hydrogen-bond donors (Lipinski definition) is 1. The summed E-state index contributed by atoms with van der Waals surface area (Å²) in [6.45, 7) is 2.58. The summed E-state index contributed by atoms with van der Waals surface area (Å²) >= 11 is 3.53. The summed E-state index contributed by atoms with van der Waals surface area (Å²) in [7, 11) is 3.59. The zero-order valence-corrected chi connectivity index (χ0v) is 13.0. The quantitative estimate of drug-likeness (QED) is 0.908. The second-order valence-electron chi connectivity index (χ2n) is 4.52. The fourth-order valence-electron chi connectivity index (χ4n) is 2.17. The Morgan fingerprint density at radius 3 is 2.74 bits per heavy atom. The fourth-order valence-corrected chi connectivity index (χ4v) is 2.80. The predicted molar refractivity (Wildman–Crippen MR) is 79.2 cm³/mol. The van der Waals surface area contributed by atoms with Gasteiger partial charge in [-0.15, -0.1) is 0 Å². The van der Waals surface area contributed by atoms with Crippen molar-refractivity contribution in [3.8, 4) is 0 Å². The zero-order valence-electron chi connectivity index (χ0n) is 11.4. The largest absolute Gasteiger partial charge is 0.462 e. The van der Waals surface area contributed by atoms with E-state index in [1.165, 1.54) is 11.1 Å². The van der Waals surface area contributed by atoms with Crippen LogP contribution in [0.15, 0.2) is 39.2 Å². The Kier molecular flexibility index (Phi) is 4.80. The number of ether oxygens (including phenoxy) is 1. The maximum atomic E-state index is 5.81. The Hall–Kier alpha value is -1.10. The van der Waals surface area contributed by atoms with Crippen LogP contribution < -0.4 is 5.32 Å². The van der Waals surface area contributed by atoms with E-state index in [9.17, 15) is 0 Å². The van der Waals surface area contributed by atoms with Crippen LogP contribution in [0.25, 0.3) is 0 Å². The van der Waals surface area contributed by atoms with Gasteiger partial charge in [-0.3, -0.25) is 0 Å². The molecule has 1 unspecified atom stereocenters. The molecule has 1 heterocycles. The monoisotopic (exact) mass is 323 g/mol. The number of hydrogen-bond acceptors (Lipinski definition) is 3. The van der Waals surface area contributed by atoms with Crippen molar-refractivity contribution < 1.29 is 9.15 Å². The molecule has 0 amide bonds. The molecule has 102 valence electrons. The van der Waals surface area contributed by atoms with Gasteiger partial charge in [-0.25, -0.2) is 0 Å². The third-order valence-electron chi connectivity index (χ3n) is 2.94. The Morgan fingerprint density at radius 2 is 2.11 bits per heavy atom. The first-order valence-electron chi connectivity index (χ1n) is 6.16. The van der Waals surface area contributed by atoms with Gasteiger partial charge in [0.1, 0.15) is 18.1 Å². The van der Waals surface area contributed by atoms with Crippen molar-refractivity contribution in [2.75, 3.05) is 14.2 Å². The van der Waals surface area contributed by atoms with Crippen LogP contribution in [0, 0.1) is 6.92 Å². The van der Waals surface area contributed by atoms with Crippen LogP contribution in [-0.4, -0.2) is 14.2 Å². The zero-order chi connectivity index (χ0) is 13.8. The van der Waals surface area contributed by atoms with Crippen molar-refractivity contribution in [3.05, 3.63) is 57.5 Å². The normalized spacial score (nSPS) is 12.6. The Balaban J connectivity index is 2.32. The first kappa shape index (κ1) is 14.3. The lowest BCUT2D eigenvalue weighted by Crippen LogP contribution is -2.17. The molecule has 0 saturated heterocycles. The molecular formula is C15H18BrNO2. The van der Waals surface area contributed by atoms with Crippen molar-refractivity contribution in [2.45, 2.75) is 19.6 Å². The Morgan fingerprint density at radius 1 is 1.32 bits per heavy atom. The number of rotatable bonds is 5. The molecule has 1 aromatic carbocycles. The van der Waals surface area contributed by atoms with E-state index >= 15 is 0 Å². The van der Waals surface area contributed by atoms with Crippen molar-refractivity contribution in [2.24, 2.45) is 0 Å². The van der Waals surface area contributed by atoms with Crippen molar-refractivity contribution in [3.63, 3.8) is 0 Å². The molecule has 0 aliphatic carbocycles. The smallest absolute Gasteiger partial charge is 0.129 e. The van der Waals surface area contributed by atoms with E-state index < -0.39 is 0 Å². The topological polar surface area (TPSA) is 34.4 Å². The molecule has 0 aliphatic heterocycles. The molecule has 2 aromatic rings. The number of methoxy groups -OCH3 is 1. The molecule has 0 saturated carbocycles. The summed E-state index contributed by atoms with van der Waals surface area (Å²) < 4.78 is 12.0. The lowest BCUT2D eigenvalue weighted by atomic mass is 10.0. The fraction of sp³-hybridized carbons (Fsp3) is 0.333. The van der Waals surface area contributed by atoms with Crippen molar-refractivity contribution in [1.29, 1.82) is 0 Å². The summed E-state index contributed by atoms with van der Waals surface area (Å²) in [5.74, 6) is 1.73. The van der Waals surface area contributed by atoms with E-state index in [0.717, 1.165) is 16.0 Å². The summed E-state index contributed by atoms with van der Waals surface area (Å²) in [6.07, 6.45) is 0. The number of halogens is 1. The van der Waals surface area contributed by atoms with Gasteiger partial charge in [0.2, 0.25) is 0 Å². The van der Waals surface area contributed by atoms with E-state index in [1.807, 2.05) is 19.2 Å². The minimum atomic E-state index is 0.0433. The van der Waals surface area contributed by atoms with Gasteiger partial charge in [-0.1, -0.05) is 22.0 Å². The molecule has 0 bridgehead atoms. The summed E-state index contributed by atoms with van der Waals surface area (Å²) in [6, 6.07) is 10.3. The minimum absolute atomic E-state index is 0.0433. The lowest BCUT2D eigenvalue weighted by Gasteiger charge is -2.15. The number of benzene rings is 1. The number of furan rings is 1. The highest BCUT2D eigenvalue weighted by atomic mass is 79.9. The average Bonchev–Trinajstić information content (AvgIpc) is 2.78. The Bertz CT molecular complexity index is 531. The van der Waals surface area contributed by atoms with Crippen LogP contribution in [0.5, 0.6) is 0 Å². The molecule has 4 heteroatoms. The highest BCUT2D eigenvalue weighted by molar-refractivity contribution is 9.10. The first-order valence-corrected chi connectivity index (χ1v) is 6.95. The second kappa shape index (κ2) is 6.37. The van der Waals surface area contributed by atoms with Gasteiger partial charge in [0.25, 0.3) is 0 Å². The van der Waals surface area contributed by atoms with Gasteiger partial charge in [0.05, 0.1) is 6.04 Å². The standard InChI is InChI=1S/C15H18BrNO2/c1-10-6-11(8-12(16)7-10)15(17-2)14-5-4-13(19-14)9-18-3/h4-8,15,17H,9H2,1-3H3. The molecule has 0 spiro atoms. The number of nitrogens with one attached hydrogen (secondary N) is 1. The van der Waals surface area contributed by atoms with Gasteiger partial charge >= 0.3 is 0 Å². The van der Waals surface area contributed by atoms with Crippen LogP contribution in [0.4, 0.5) is 0 Å². The van der Waals surface area contributed by atoms with Crippen LogP contribution in [0.2, 0.25) is 0 Å². The highest BCUT2D eigenvalue weighted by Crippen LogP contribution is 2.27. The van der Waals surface area contributed by atoms with Gasteiger partial charge in [0.15, 0.2) is 0 Å². The van der Waals surface area contributed by atoms with Gasteiger partial charge in [-0.2, -0.15) is 0 Å².